The van der Waals surface area contributed by atoms with Crippen molar-refractivity contribution in [3.05, 3.63) is 52.6 Å². The van der Waals surface area contributed by atoms with Gasteiger partial charge in [0.25, 0.3) is 0 Å². The minimum atomic E-state index is -3.70. The molecule has 3 rings (SSSR count). The lowest BCUT2D eigenvalue weighted by Gasteiger charge is -2.13. The molecule has 134 valence electrons. The highest BCUT2D eigenvalue weighted by Crippen LogP contribution is 2.42. The van der Waals surface area contributed by atoms with Crippen molar-refractivity contribution in [2.24, 2.45) is 0 Å². The molecule has 5 nitrogen and oxygen atoms in total. The van der Waals surface area contributed by atoms with Gasteiger partial charge in [0.05, 0.1) is 16.5 Å². The summed E-state index contributed by atoms with van der Waals surface area (Å²) >= 11 is 0. The molecule has 1 unspecified atom stereocenters. The van der Waals surface area contributed by atoms with Gasteiger partial charge in [0, 0.05) is 23.8 Å². The number of nitriles is 1. The number of benzene rings is 2. The average molecular weight is 373 g/mol. The molecule has 0 amide bonds. The first-order chi connectivity index (χ1) is 12.0. The fourth-order valence-corrected chi connectivity index (χ4v) is 4.01. The van der Waals surface area contributed by atoms with Gasteiger partial charge in [-0.1, -0.05) is 0 Å². The maximum absolute atomic E-state index is 14.6. The Morgan fingerprint density at radius 1 is 1.27 bits per heavy atom. The van der Waals surface area contributed by atoms with Crippen LogP contribution in [0.15, 0.2) is 35.2 Å². The van der Waals surface area contributed by atoms with Crippen LogP contribution in [0.3, 0.4) is 0 Å². The predicted molar refractivity (Wildman–Crippen MR) is 93.1 cm³/mol. The van der Waals surface area contributed by atoms with E-state index in [1.54, 1.807) is 19.1 Å². The first kappa shape index (κ1) is 18.1. The Balaban J connectivity index is 2.16. The Morgan fingerprint density at radius 2 is 1.96 bits per heavy atom. The standard InChI is InChI=1S/C19H16FNO4S/c1-11-6-12(10-21)8-13(7-11)25-15-4-5-16(26(3,23)24)17-14(15)9-19(2,20)18(17)22/h4-8H,9H2,1-3H3. The molecule has 0 fully saturated rings. The van der Waals surface area contributed by atoms with E-state index < -0.39 is 21.3 Å². The second kappa shape index (κ2) is 5.92. The Hall–Kier alpha value is -2.72. The van der Waals surface area contributed by atoms with Crippen molar-refractivity contribution >= 4 is 15.6 Å². The smallest absolute Gasteiger partial charge is 0.201 e. The molecule has 26 heavy (non-hydrogen) atoms. The second-order valence-corrected chi connectivity index (χ2v) is 8.62. The van der Waals surface area contributed by atoms with Crippen LogP contribution in [0.5, 0.6) is 11.5 Å². The normalized spacial score (nSPS) is 19.1. The summed E-state index contributed by atoms with van der Waals surface area (Å²) in [4.78, 5) is 12.2. The van der Waals surface area contributed by atoms with Gasteiger partial charge in [0.2, 0.25) is 5.78 Å². The monoisotopic (exact) mass is 373 g/mol. The summed E-state index contributed by atoms with van der Waals surface area (Å²) in [5, 5.41) is 9.07. The molecule has 0 saturated carbocycles. The topological polar surface area (TPSA) is 84.2 Å². The maximum Gasteiger partial charge on any atom is 0.201 e. The number of hydrogen-bond acceptors (Lipinski definition) is 5. The number of alkyl halides is 1. The van der Waals surface area contributed by atoms with Crippen LogP contribution < -0.4 is 4.74 Å². The maximum atomic E-state index is 14.6. The van der Waals surface area contributed by atoms with E-state index in [2.05, 4.69) is 0 Å². The molecule has 1 aliphatic carbocycles. The predicted octanol–water partition coefficient (Wildman–Crippen LogP) is 3.53. The number of ketones is 1. The molecule has 2 aromatic rings. The van der Waals surface area contributed by atoms with E-state index in [4.69, 9.17) is 10.00 Å². The van der Waals surface area contributed by atoms with E-state index in [-0.39, 0.29) is 28.2 Å². The van der Waals surface area contributed by atoms with Crippen LogP contribution in [0.1, 0.15) is 34.0 Å². The molecule has 1 aliphatic rings. The SMILES string of the molecule is Cc1cc(C#N)cc(Oc2ccc(S(C)(=O)=O)c3c2CC(C)(F)C3=O)c1. The van der Waals surface area contributed by atoms with Crippen molar-refractivity contribution in [3.8, 4) is 17.6 Å². The summed E-state index contributed by atoms with van der Waals surface area (Å²) in [6.45, 7) is 2.93. The quantitative estimate of drug-likeness (QED) is 0.822. The van der Waals surface area contributed by atoms with Crippen molar-refractivity contribution in [3.63, 3.8) is 0 Å². The van der Waals surface area contributed by atoms with E-state index >= 15 is 0 Å². The Morgan fingerprint density at radius 3 is 2.58 bits per heavy atom. The van der Waals surface area contributed by atoms with Gasteiger partial charge in [0.1, 0.15) is 11.5 Å². The van der Waals surface area contributed by atoms with Crippen molar-refractivity contribution in [1.82, 2.24) is 0 Å². The van der Waals surface area contributed by atoms with Crippen molar-refractivity contribution < 1.29 is 22.3 Å². The summed E-state index contributed by atoms with van der Waals surface area (Å²) in [6, 6.07) is 9.60. The number of hydrogen-bond donors (Lipinski definition) is 0. The number of sulfone groups is 1. The van der Waals surface area contributed by atoms with Crippen LogP contribution >= 0.6 is 0 Å². The number of fused-ring (bicyclic) bond motifs is 1. The number of ether oxygens (including phenoxy) is 1. The molecular weight excluding hydrogens is 357 g/mol. The van der Waals surface area contributed by atoms with Crippen LogP contribution in [0, 0.1) is 18.3 Å². The minimum absolute atomic E-state index is 0.150. The highest BCUT2D eigenvalue weighted by Gasteiger charge is 2.46. The molecule has 0 spiro atoms. The lowest BCUT2D eigenvalue weighted by Crippen LogP contribution is -2.26. The zero-order valence-corrected chi connectivity index (χ0v) is 15.3. The second-order valence-electron chi connectivity index (χ2n) is 6.64. The molecule has 0 radical (unpaired) electrons. The third-order valence-electron chi connectivity index (χ3n) is 4.25. The van der Waals surface area contributed by atoms with Crippen molar-refractivity contribution in [2.45, 2.75) is 30.8 Å². The number of carbonyl (C=O) groups is 1. The van der Waals surface area contributed by atoms with E-state index in [1.165, 1.54) is 18.2 Å². The van der Waals surface area contributed by atoms with E-state index in [0.29, 0.717) is 11.3 Å². The first-order valence-corrected chi connectivity index (χ1v) is 9.71. The molecule has 0 aromatic heterocycles. The Bertz CT molecular complexity index is 1080. The lowest BCUT2D eigenvalue weighted by molar-refractivity contribution is 0.0757. The molecule has 0 heterocycles. The molecular formula is C19H16FNO4S. The number of nitrogens with zero attached hydrogens (tertiary/aromatic N) is 1. The summed E-state index contributed by atoms with van der Waals surface area (Å²) in [5.41, 5.74) is -0.914. The summed E-state index contributed by atoms with van der Waals surface area (Å²) in [6.07, 6.45) is 0.709. The van der Waals surface area contributed by atoms with Gasteiger partial charge in [-0.25, -0.2) is 12.8 Å². The fraction of sp³-hybridized carbons (Fsp3) is 0.263. The third kappa shape index (κ3) is 3.08. The minimum Gasteiger partial charge on any atom is -0.457 e. The zero-order valence-electron chi connectivity index (χ0n) is 14.5. The van der Waals surface area contributed by atoms with Gasteiger partial charge in [-0.3, -0.25) is 4.79 Å². The molecule has 0 aliphatic heterocycles. The largest absolute Gasteiger partial charge is 0.457 e. The summed E-state index contributed by atoms with van der Waals surface area (Å²) < 4.78 is 44.4. The van der Waals surface area contributed by atoms with Crippen LogP contribution in [0.4, 0.5) is 4.39 Å². The Labute approximate surface area is 150 Å². The van der Waals surface area contributed by atoms with Gasteiger partial charge >= 0.3 is 0 Å². The van der Waals surface area contributed by atoms with E-state index in [9.17, 15) is 17.6 Å². The lowest BCUT2D eigenvalue weighted by atomic mass is 10.1. The van der Waals surface area contributed by atoms with Crippen LogP contribution in [-0.2, 0) is 16.3 Å². The molecule has 0 saturated heterocycles. The third-order valence-corrected chi connectivity index (χ3v) is 5.39. The van der Waals surface area contributed by atoms with Gasteiger partial charge < -0.3 is 4.74 Å². The summed E-state index contributed by atoms with van der Waals surface area (Å²) in [5.74, 6) is -0.298. The Kier molecular flexibility index (Phi) is 4.12. The van der Waals surface area contributed by atoms with Gasteiger partial charge in [-0.05, 0) is 49.7 Å². The van der Waals surface area contributed by atoms with Gasteiger partial charge in [0.15, 0.2) is 15.5 Å². The zero-order chi connectivity index (χ0) is 19.3. The highest BCUT2D eigenvalue weighted by molar-refractivity contribution is 7.90. The molecule has 2 aromatic carbocycles. The van der Waals surface area contributed by atoms with Crippen LogP contribution in [0.25, 0.3) is 0 Å². The number of Topliss-reactive ketones (excluding diaryl/α,β-unsaturated/α-hetero) is 1. The van der Waals surface area contributed by atoms with Crippen molar-refractivity contribution in [2.75, 3.05) is 6.26 Å². The fourth-order valence-electron chi connectivity index (χ4n) is 3.11. The van der Waals surface area contributed by atoms with Crippen LogP contribution in [0.2, 0.25) is 0 Å². The number of rotatable bonds is 3. The van der Waals surface area contributed by atoms with E-state index in [1.807, 2.05) is 6.07 Å². The van der Waals surface area contributed by atoms with Crippen molar-refractivity contribution in [1.29, 1.82) is 5.26 Å². The number of aryl methyl sites for hydroxylation is 1. The average Bonchev–Trinajstić information content (AvgIpc) is 2.77. The first-order valence-electron chi connectivity index (χ1n) is 7.82. The molecule has 0 bridgehead atoms. The highest BCUT2D eigenvalue weighted by atomic mass is 32.2. The summed E-state index contributed by atoms with van der Waals surface area (Å²) in [7, 11) is -3.70. The molecule has 1 atom stereocenters. The molecule has 7 heteroatoms. The van der Waals surface area contributed by atoms with Crippen LogP contribution in [-0.4, -0.2) is 26.1 Å². The number of halogens is 1. The van der Waals surface area contributed by atoms with Gasteiger partial charge in [-0.15, -0.1) is 0 Å². The number of carbonyl (C=O) groups excluding carboxylic acids is 1. The van der Waals surface area contributed by atoms with E-state index in [0.717, 1.165) is 18.7 Å². The molecule has 0 N–H and O–H groups in total. The van der Waals surface area contributed by atoms with Gasteiger partial charge in [-0.2, -0.15) is 5.26 Å².